The minimum Gasteiger partial charge on any atom is -0.475 e. The third-order valence-corrected chi connectivity index (χ3v) is 5.15. The summed E-state index contributed by atoms with van der Waals surface area (Å²) in [6.07, 6.45) is 6.07. The van der Waals surface area contributed by atoms with Crippen LogP contribution in [0.2, 0.25) is 0 Å². The van der Waals surface area contributed by atoms with Crippen LogP contribution in [-0.2, 0) is 0 Å². The highest BCUT2D eigenvalue weighted by Crippen LogP contribution is 2.32. The van der Waals surface area contributed by atoms with Gasteiger partial charge in [0.15, 0.2) is 0 Å². The number of hydrogen-bond acceptors (Lipinski definition) is 4. The third kappa shape index (κ3) is 4.35. The van der Waals surface area contributed by atoms with Crippen molar-refractivity contribution in [3.8, 4) is 17.1 Å². The largest absolute Gasteiger partial charge is 0.475 e. The molecule has 3 aromatic rings. The number of imidazole rings is 1. The molecular formula is C23H25FN4O2. The normalized spacial score (nSPS) is 16.7. The molecule has 2 aromatic heterocycles. The molecule has 1 saturated heterocycles. The number of ether oxygens (including phenoxy) is 1. The molecule has 1 atom stereocenters. The summed E-state index contributed by atoms with van der Waals surface area (Å²) in [7, 11) is 0. The predicted octanol–water partition coefficient (Wildman–Crippen LogP) is 4.77. The zero-order chi connectivity index (χ0) is 21.1. The van der Waals surface area contributed by atoms with Crippen LogP contribution in [0.25, 0.3) is 11.3 Å². The smallest absolute Gasteiger partial charge is 0.256 e. The Labute approximate surface area is 175 Å². The number of halogens is 1. The Balaban J connectivity index is 1.55. The van der Waals surface area contributed by atoms with E-state index in [9.17, 15) is 9.18 Å². The second kappa shape index (κ2) is 8.65. The number of aromatic amines is 1. The number of hydrogen-bond donors (Lipinski definition) is 1. The highest BCUT2D eigenvalue weighted by atomic mass is 19.1. The first-order valence-electron chi connectivity index (χ1n) is 10.3. The lowest BCUT2D eigenvalue weighted by Crippen LogP contribution is -2.39. The van der Waals surface area contributed by atoms with E-state index in [1.54, 1.807) is 30.6 Å². The van der Waals surface area contributed by atoms with Gasteiger partial charge in [-0.05, 0) is 51.3 Å². The summed E-state index contributed by atoms with van der Waals surface area (Å²) in [6.45, 7) is 4.52. The number of H-pyrrole nitrogens is 1. The molecule has 0 spiro atoms. The molecule has 0 saturated carbocycles. The van der Waals surface area contributed by atoms with E-state index in [4.69, 9.17) is 4.74 Å². The Morgan fingerprint density at radius 2 is 2.07 bits per heavy atom. The summed E-state index contributed by atoms with van der Waals surface area (Å²) in [5.74, 6) is 0.847. The van der Waals surface area contributed by atoms with Gasteiger partial charge in [0, 0.05) is 24.4 Å². The predicted molar refractivity (Wildman–Crippen MR) is 112 cm³/mol. The lowest BCUT2D eigenvalue weighted by atomic mass is 10.0. The van der Waals surface area contributed by atoms with Crippen LogP contribution in [0.4, 0.5) is 4.39 Å². The number of rotatable bonds is 5. The number of pyridine rings is 1. The van der Waals surface area contributed by atoms with Gasteiger partial charge in [-0.2, -0.15) is 0 Å². The monoisotopic (exact) mass is 408 g/mol. The second-order valence-electron chi connectivity index (χ2n) is 7.75. The van der Waals surface area contributed by atoms with Crippen molar-refractivity contribution in [3.63, 3.8) is 0 Å². The third-order valence-electron chi connectivity index (χ3n) is 5.15. The fourth-order valence-corrected chi connectivity index (χ4v) is 3.75. The highest BCUT2D eigenvalue weighted by Gasteiger charge is 2.31. The first kappa shape index (κ1) is 20.1. The quantitative estimate of drug-likeness (QED) is 0.660. The summed E-state index contributed by atoms with van der Waals surface area (Å²) in [4.78, 5) is 27.1. The van der Waals surface area contributed by atoms with E-state index < -0.39 is 0 Å². The van der Waals surface area contributed by atoms with Gasteiger partial charge in [-0.3, -0.25) is 4.79 Å². The Bertz CT molecular complexity index is 1020. The van der Waals surface area contributed by atoms with Crippen molar-refractivity contribution in [1.29, 1.82) is 0 Å². The van der Waals surface area contributed by atoms with Gasteiger partial charge in [0.1, 0.15) is 11.6 Å². The van der Waals surface area contributed by atoms with Crippen molar-refractivity contribution >= 4 is 5.91 Å². The fraction of sp³-hybridized carbons (Fsp3) is 0.348. The van der Waals surface area contributed by atoms with Gasteiger partial charge in [0.25, 0.3) is 5.91 Å². The summed E-state index contributed by atoms with van der Waals surface area (Å²) in [6, 6.07) is 9.69. The number of benzene rings is 1. The Hall–Kier alpha value is -3.22. The molecule has 1 aliphatic rings. The minimum atomic E-state index is -0.296. The van der Waals surface area contributed by atoms with E-state index in [2.05, 4.69) is 15.0 Å². The van der Waals surface area contributed by atoms with E-state index in [-0.39, 0.29) is 23.9 Å². The van der Waals surface area contributed by atoms with Gasteiger partial charge >= 0.3 is 0 Å². The minimum absolute atomic E-state index is 0.0248. The second-order valence-corrected chi connectivity index (χ2v) is 7.75. The molecule has 1 aromatic carbocycles. The van der Waals surface area contributed by atoms with E-state index in [0.29, 0.717) is 18.0 Å². The molecule has 4 rings (SSSR count). The number of piperidine rings is 1. The standard InChI is InChI=1S/C23H25FN4O2/c1-15(2)30-21-10-9-17(13-25-21)23(29)28-11-4-3-8-20(28)22-26-14-19(27-22)16-6-5-7-18(24)12-16/h5-7,9-10,12-15,20H,3-4,8,11H2,1-2H3,(H,26,27). The molecule has 1 N–H and O–H groups in total. The van der Waals surface area contributed by atoms with Crippen molar-refractivity contribution in [2.45, 2.75) is 45.3 Å². The molecule has 6 nitrogen and oxygen atoms in total. The number of likely N-dealkylation sites (tertiary alicyclic amines) is 1. The van der Waals surface area contributed by atoms with E-state index >= 15 is 0 Å². The number of nitrogens with one attached hydrogen (secondary N) is 1. The van der Waals surface area contributed by atoms with Gasteiger partial charge < -0.3 is 14.6 Å². The first-order valence-corrected chi connectivity index (χ1v) is 10.3. The van der Waals surface area contributed by atoms with Gasteiger partial charge in [0.05, 0.1) is 29.6 Å². The SMILES string of the molecule is CC(C)Oc1ccc(C(=O)N2CCCCC2c2ncc(-c3cccc(F)c3)[nH]2)cn1. The zero-order valence-electron chi connectivity index (χ0n) is 17.1. The Morgan fingerprint density at radius 3 is 2.80 bits per heavy atom. The molecule has 0 radical (unpaired) electrons. The molecule has 1 aliphatic heterocycles. The van der Waals surface area contributed by atoms with E-state index in [1.165, 1.54) is 12.1 Å². The van der Waals surface area contributed by atoms with E-state index in [1.807, 2.05) is 24.8 Å². The lowest BCUT2D eigenvalue weighted by Gasteiger charge is -2.34. The average Bonchev–Trinajstić information content (AvgIpc) is 3.24. The molecule has 1 fully saturated rings. The van der Waals surface area contributed by atoms with Crippen LogP contribution in [0.5, 0.6) is 5.88 Å². The number of amides is 1. The maximum atomic E-state index is 13.6. The summed E-state index contributed by atoms with van der Waals surface area (Å²) < 4.78 is 19.1. The van der Waals surface area contributed by atoms with Crippen LogP contribution < -0.4 is 4.74 Å². The van der Waals surface area contributed by atoms with Crippen LogP contribution in [0.3, 0.4) is 0 Å². The average molecular weight is 408 g/mol. The lowest BCUT2D eigenvalue weighted by molar-refractivity contribution is 0.0600. The molecule has 156 valence electrons. The molecule has 0 bridgehead atoms. The highest BCUT2D eigenvalue weighted by molar-refractivity contribution is 5.94. The number of aromatic nitrogens is 3. The van der Waals surface area contributed by atoms with Gasteiger partial charge in [-0.25, -0.2) is 14.4 Å². The van der Waals surface area contributed by atoms with Crippen molar-refractivity contribution in [1.82, 2.24) is 19.9 Å². The molecule has 0 aliphatic carbocycles. The van der Waals surface area contributed by atoms with Crippen molar-refractivity contribution in [2.24, 2.45) is 0 Å². The van der Waals surface area contributed by atoms with Gasteiger partial charge in [-0.1, -0.05) is 12.1 Å². The maximum absolute atomic E-state index is 13.6. The van der Waals surface area contributed by atoms with Crippen LogP contribution in [-0.4, -0.2) is 38.4 Å². The summed E-state index contributed by atoms with van der Waals surface area (Å²) in [5.41, 5.74) is 1.99. The Morgan fingerprint density at radius 1 is 1.20 bits per heavy atom. The number of carbonyl (C=O) groups excluding carboxylic acids is 1. The first-order chi connectivity index (χ1) is 14.5. The molecule has 30 heavy (non-hydrogen) atoms. The van der Waals surface area contributed by atoms with Crippen LogP contribution in [0, 0.1) is 5.82 Å². The molecule has 7 heteroatoms. The maximum Gasteiger partial charge on any atom is 0.256 e. The topological polar surface area (TPSA) is 71.1 Å². The molecule has 1 unspecified atom stereocenters. The van der Waals surface area contributed by atoms with Crippen molar-refractivity contribution < 1.29 is 13.9 Å². The van der Waals surface area contributed by atoms with E-state index in [0.717, 1.165) is 36.3 Å². The summed E-state index contributed by atoms with van der Waals surface area (Å²) >= 11 is 0. The van der Waals surface area contributed by atoms with Gasteiger partial charge in [0.2, 0.25) is 5.88 Å². The molecule has 1 amide bonds. The van der Waals surface area contributed by atoms with Crippen LogP contribution >= 0.6 is 0 Å². The van der Waals surface area contributed by atoms with Crippen LogP contribution in [0.15, 0.2) is 48.8 Å². The van der Waals surface area contributed by atoms with Gasteiger partial charge in [-0.15, -0.1) is 0 Å². The van der Waals surface area contributed by atoms with Crippen molar-refractivity contribution in [3.05, 3.63) is 66.0 Å². The zero-order valence-corrected chi connectivity index (χ0v) is 17.1. The summed E-state index contributed by atoms with van der Waals surface area (Å²) in [5, 5.41) is 0. The fourth-order valence-electron chi connectivity index (χ4n) is 3.75. The van der Waals surface area contributed by atoms with Crippen LogP contribution in [0.1, 0.15) is 55.3 Å². The Kier molecular flexibility index (Phi) is 5.79. The molecular weight excluding hydrogens is 383 g/mol. The molecule has 3 heterocycles. The van der Waals surface area contributed by atoms with Crippen molar-refractivity contribution in [2.75, 3.05) is 6.54 Å². The number of carbonyl (C=O) groups is 1. The number of nitrogens with zero attached hydrogens (tertiary/aromatic N) is 3.